The summed E-state index contributed by atoms with van der Waals surface area (Å²) in [5.41, 5.74) is 4.71. The first-order valence-corrected chi connectivity index (χ1v) is 6.20. The van der Waals surface area contributed by atoms with Crippen LogP contribution in [0.15, 0.2) is 38.5 Å². The molecule has 1 heterocycles. The summed E-state index contributed by atoms with van der Waals surface area (Å²) in [6.45, 7) is 0.0787. The maximum Gasteiger partial charge on any atom is 0.328 e. The van der Waals surface area contributed by atoms with E-state index in [2.05, 4.69) is 20.9 Å². The number of anilines is 1. The second-order valence-corrected chi connectivity index (χ2v) is 4.87. The summed E-state index contributed by atoms with van der Waals surface area (Å²) in [5.74, 6) is 0. The lowest BCUT2D eigenvalue weighted by molar-refractivity contribution is -0.384. The largest absolute Gasteiger partial charge is 0.393 e. The SMILES string of the molecule is Nc1ccc(Cn2cc(Br)c(=O)[nH]c2=O)cc1[N+](=O)[O-]. The lowest BCUT2D eigenvalue weighted by Gasteiger charge is -2.06. The third-order valence-electron chi connectivity index (χ3n) is 2.61. The third kappa shape index (κ3) is 2.77. The van der Waals surface area contributed by atoms with Crippen LogP contribution in [0.4, 0.5) is 11.4 Å². The topological polar surface area (TPSA) is 124 Å². The van der Waals surface area contributed by atoms with Gasteiger partial charge in [0.1, 0.15) is 5.69 Å². The number of nitrogens with zero attached hydrogens (tertiary/aromatic N) is 2. The predicted octanol–water partition coefficient (Wildman–Crippen LogP) is 0.838. The first kappa shape index (κ1) is 14.0. The van der Waals surface area contributed by atoms with Crippen molar-refractivity contribution in [1.82, 2.24) is 9.55 Å². The van der Waals surface area contributed by atoms with Crippen molar-refractivity contribution in [3.05, 3.63) is 65.4 Å². The summed E-state index contributed by atoms with van der Waals surface area (Å²) in [6, 6.07) is 4.27. The summed E-state index contributed by atoms with van der Waals surface area (Å²) < 4.78 is 1.42. The number of nitro benzene ring substituents is 1. The van der Waals surface area contributed by atoms with Crippen LogP contribution in [0.3, 0.4) is 0 Å². The van der Waals surface area contributed by atoms with E-state index in [0.717, 1.165) is 0 Å². The molecule has 0 aliphatic carbocycles. The lowest BCUT2D eigenvalue weighted by Crippen LogP contribution is -2.30. The standard InChI is InChI=1S/C11H9BrN4O4/c12-7-5-15(11(18)14-10(7)17)4-6-1-2-8(13)9(3-6)16(19)20/h1-3,5H,4,13H2,(H,14,17,18). The van der Waals surface area contributed by atoms with Gasteiger partial charge >= 0.3 is 5.69 Å². The molecule has 8 nitrogen and oxygen atoms in total. The fraction of sp³-hybridized carbons (Fsp3) is 0.0909. The maximum atomic E-state index is 11.6. The Morgan fingerprint density at radius 1 is 1.40 bits per heavy atom. The third-order valence-corrected chi connectivity index (χ3v) is 3.18. The average Bonchev–Trinajstić information content (AvgIpc) is 2.37. The van der Waals surface area contributed by atoms with Crippen LogP contribution in [0.5, 0.6) is 0 Å². The number of nitrogens with one attached hydrogen (secondary N) is 1. The zero-order valence-electron chi connectivity index (χ0n) is 10.00. The Hall–Kier alpha value is -2.42. The van der Waals surface area contributed by atoms with Crippen LogP contribution in [0.1, 0.15) is 5.56 Å². The Kier molecular flexibility index (Phi) is 3.70. The molecule has 0 spiro atoms. The first-order chi connectivity index (χ1) is 9.38. The fourth-order valence-corrected chi connectivity index (χ4v) is 1.99. The molecule has 9 heteroatoms. The summed E-state index contributed by atoms with van der Waals surface area (Å²) in [7, 11) is 0. The van der Waals surface area contributed by atoms with E-state index in [0.29, 0.717) is 5.56 Å². The van der Waals surface area contributed by atoms with Crippen molar-refractivity contribution in [3.63, 3.8) is 0 Å². The van der Waals surface area contributed by atoms with E-state index >= 15 is 0 Å². The van der Waals surface area contributed by atoms with Gasteiger partial charge in [-0.25, -0.2) is 4.79 Å². The Bertz CT molecular complexity index is 796. The summed E-state index contributed by atoms with van der Waals surface area (Å²) in [5, 5.41) is 10.8. The highest BCUT2D eigenvalue weighted by atomic mass is 79.9. The van der Waals surface area contributed by atoms with Gasteiger partial charge in [0.2, 0.25) is 0 Å². The van der Waals surface area contributed by atoms with Crippen LogP contribution in [-0.2, 0) is 6.54 Å². The van der Waals surface area contributed by atoms with Gasteiger partial charge in [-0.15, -0.1) is 0 Å². The van der Waals surface area contributed by atoms with Gasteiger partial charge < -0.3 is 5.73 Å². The van der Waals surface area contributed by atoms with Crippen LogP contribution in [0.2, 0.25) is 0 Å². The number of aromatic amines is 1. The molecule has 0 aliphatic rings. The molecule has 0 saturated heterocycles. The van der Waals surface area contributed by atoms with E-state index in [9.17, 15) is 19.7 Å². The van der Waals surface area contributed by atoms with E-state index in [1.54, 1.807) is 6.07 Å². The minimum absolute atomic E-state index is 0.0498. The van der Waals surface area contributed by atoms with E-state index < -0.39 is 16.2 Å². The zero-order chi connectivity index (χ0) is 14.9. The number of halogens is 1. The van der Waals surface area contributed by atoms with Crippen molar-refractivity contribution < 1.29 is 4.92 Å². The molecule has 0 bridgehead atoms. The maximum absolute atomic E-state index is 11.6. The van der Waals surface area contributed by atoms with Gasteiger partial charge in [0.25, 0.3) is 11.2 Å². The van der Waals surface area contributed by atoms with Crippen LogP contribution < -0.4 is 17.0 Å². The molecule has 104 valence electrons. The Morgan fingerprint density at radius 3 is 2.75 bits per heavy atom. The van der Waals surface area contributed by atoms with Crippen molar-refractivity contribution in [2.45, 2.75) is 6.54 Å². The molecule has 0 fully saturated rings. The predicted molar refractivity (Wildman–Crippen MR) is 75.6 cm³/mol. The minimum atomic E-state index is -0.599. The normalized spacial score (nSPS) is 10.4. The molecular formula is C11H9BrN4O4. The Morgan fingerprint density at radius 2 is 2.10 bits per heavy atom. The average molecular weight is 341 g/mol. The van der Waals surface area contributed by atoms with E-state index in [1.807, 2.05) is 0 Å². The van der Waals surface area contributed by atoms with Gasteiger partial charge in [0.05, 0.1) is 15.9 Å². The number of H-pyrrole nitrogens is 1. The van der Waals surface area contributed by atoms with Crippen LogP contribution in [0, 0.1) is 10.1 Å². The number of nitro groups is 1. The first-order valence-electron chi connectivity index (χ1n) is 5.40. The van der Waals surface area contributed by atoms with Gasteiger partial charge in [-0.2, -0.15) is 0 Å². The van der Waals surface area contributed by atoms with Gasteiger partial charge in [-0.3, -0.25) is 24.5 Å². The number of hydrogen-bond donors (Lipinski definition) is 2. The molecule has 2 rings (SSSR count). The summed E-state index contributed by atoms with van der Waals surface area (Å²) >= 11 is 3.01. The molecule has 0 atom stereocenters. The van der Waals surface area contributed by atoms with E-state index in [4.69, 9.17) is 5.73 Å². The number of aromatic nitrogens is 2. The molecule has 0 amide bonds. The Balaban J connectivity index is 2.43. The van der Waals surface area contributed by atoms with Crippen molar-refractivity contribution in [2.24, 2.45) is 0 Å². The highest BCUT2D eigenvalue weighted by Gasteiger charge is 2.12. The molecule has 0 saturated carbocycles. The molecule has 2 aromatic rings. The lowest BCUT2D eigenvalue weighted by atomic mass is 10.1. The molecule has 1 aromatic heterocycles. The second-order valence-electron chi connectivity index (χ2n) is 4.01. The minimum Gasteiger partial charge on any atom is -0.393 e. The molecular weight excluding hydrogens is 332 g/mol. The van der Waals surface area contributed by atoms with E-state index in [-0.39, 0.29) is 22.4 Å². The van der Waals surface area contributed by atoms with E-state index in [1.165, 1.54) is 22.9 Å². The quantitative estimate of drug-likeness (QED) is 0.486. The second kappa shape index (κ2) is 5.29. The molecule has 3 N–H and O–H groups in total. The van der Waals surface area contributed by atoms with Gasteiger partial charge in [0.15, 0.2) is 0 Å². The molecule has 20 heavy (non-hydrogen) atoms. The summed E-state index contributed by atoms with van der Waals surface area (Å²) in [6.07, 6.45) is 1.32. The van der Waals surface area contributed by atoms with Crippen molar-refractivity contribution in [2.75, 3.05) is 5.73 Å². The summed E-state index contributed by atoms with van der Waals surface area (Å²) in [4.78, 5) is 35.1. The molecule has 0 unspecified atom stereocenters. The van der Waals surface area contributed by atoms with Crippen molar-refractivity contribution >= 4 is 27.3 Å². The van der Waals surface area contributed by atoms with Gasteiger partial charge in [-0.1, -0.05) is 6.07 Å². The molecule has 0 aliphatic heterocycles. The number of nitrogens with two attached hydrogens (primary N) is 1. The van der Waals surface area contributed by atoms with Crippen molar-refractivity contribution in [1.29, 1.82) is 0 Å². The Labute approximate surface area is 120 Å². The van der Waals surface area contributed by atoms with Crippen LogP contribution in [0.25, 0.3) is 0 Å². The monoisotopic (exact) mass is 340 g/mol. The van der Waals surface area contributed by atoms with Gasteiger partial charge in [-0.05, 0) is 27.6 Å². The number of nitrogen functional groups attached to an aromatic ring is 1. The zero-order valence-corrected chi connectivity index (χ0v) is 11.6. The van der Waals surface area contributed by atoms with Crippen molar-refractivity contribution in [3.8, 4) is 0 Å². The highest BCUT2D eigenvalue weighted by Crippen LogP contribution is 2.22. The number of benzene rings is 1. The van der Waals surface area contributed by atoms with Gasteiger partial charge in [0, 0.05) is 12.3 Å². The highest BCUT2D eigenvalue weighted by molar-refractivity contribution is 9.10. The van der Waals surface area contributed by atoms with Crippen LogP contribution >= 0.6 is 15.9 Å². The molecule has 1 aromatic carbocycles. The molecule has 0 radical (unpaired) electrons. The number of rotatable bonds is 3. The smallest absolute Gasteiger partial charge is 0.328 e. The fourth-order valence-electron chi connectivity index (χ4n) is 1.64. The number of hydrogen-bond acceptors (Lipinski definition) is 5. The van der Waals surface area contributed by atoms with Crippen LogP contribution in [-0.4, -0.2) is 14.5 Å².